The van der Waals surface area contributed by atoms with Crippen molar-refractivity contribution < 1.29 is 18.7 Å². The van der Waals surface area contributed by atoms with Crippen LogP contribution in [0.5, 0.6) is 5.75 Å². The molecule has 130 valence electrons. The normalized spacial score (nSPS) is 13.2. The van der Waals surface area contributed by atoms with Crippen LogP contribution in [0.1, 0.15) is 39.1 Å². The highest BCUT2D eigenvalue weighted by Gasteiger charge is 2.24. The van der Waals surface area contributed by atoms with Gasteiger partial charge in [0, 0.05) is 22.9 Å². The third-order valence-corrected chi connectivity index (χ3v) is 4.07. The molecule has 1 saturated carbocycles. The molecule has 0 bridgehead atoms. The van der Waals surface area contributed by atoms with Gasteiger partial charge in [-0.05, 0) is 55.7 Å². The summed E-state index contributed by atoms with van der Waals surface area (Å²) in [6.07, 6.45) is 2.01. The molecule has 2 amide bonds. The maximum absolute atomic E-state index is 13.8. The summed E-state index contributed by atoms with van der Waals surface area (Å²) >= 11 is 0. The molecule has 1 fully saturated rings. The Bertz CT molecular complexity index is 831. The van der Waals surface area contributed by atoms with Gasteiger partial charge in [-0.15, -0.1) is 0 Å². The Morgan fingerprint density at radius 1 is 1.08 bits per heavy atom. The van der Waals surface area contributed by atoms with E-state index >= 15 is 0 Å². The van der Waals surface area contributed by atoms with Crippen molar-refractivity contribution >= 4 is 17.5 Å². The first-order valence-electron chi connectivity index (χ1n) is 8.04. The fourth-order valence-electron chi connectivity index (χ4n) is 2.40. The van der Waals surface area contributed by atoms with E-state index in [0.717, 1.165) is 24.5 Å². The van der Waals surface area contributed by atoms with Crippen LogP contribution in [0.15, 0.2) is 36.4 Å². The number of amides is 2. The van der Waals surface area contributed by atoms with E-state index in [2.05, 4.69) is 10.6 Å². The highest BCUT2D eigenvalue weighted by atomic mass is 19.1. The second-order valence-corrected chi connectivity index (χ2v) is 6.08. The SMILES string of the molecule is COc1ccc(C(=O)Nc2cc(C(=O)NC3CC3)ccc2C)cc1F. The molecule has 2 aromatic rings. The average Bonchev–Trinajstić information content (AvgIpc) is 3.40. The van der Waals surface area contributed by atoms with Gasteiger partial charge in [0.05, 0.1) is 7.11 Å². The molecule has 2 aromatic carbocycles. The van der Waals surface area contributed by atoms with Crippen molar-refractivity contribution in [1.29, 1.82) is 0 Å². The number of benzene rings is 2. The Labute approximate surface area is 145 Å². The minimum atomic E-state index is -0.607. The number of nitrogens with one attached hydrogen (secondary N) is 2. The van der Waals surface area contributed by atoms with E-state index in [-0.39, 0.29) is 23.3 Å². The first-order valence-corrected chi connectivity index (χ1v) is 8.04. The van der Waals surface area contributed by atoms with Crippen molar-refractivity contribution in [2.45, 2.75) is 25.8 Å². The first-order chi connectivity index (χ1) is 12.0. The van der Waals surface area contributed by atoms with Gasteiger partial charge in [-0.2, -0.15) is 0 Å². The highest BCUT2D eigenvalue weighted by molar-refractivity contribution is 6.05. The number of methoxy groups -OCH3 is 1. The molecule has 25 heavy (non-hydrogen) atoms. The topological polar surface area (TPSA) is 67.4 Å². The molecule has 6 heteroatoms. The molecule has 0 aliphatic heterocycles. The minimum Gasteiger partial charge on any atom is -0.494 e. The molecule has 3 rings (SSSR count). The summed E-state index contributed by atoms with van der Waals surface area (Å²) < 4.78 is 18.6. The van der Waals surface area contributed by atoms with Crippen LogP contribution in [-0.4, -0.2) is 25.0 Å². The van der Waals surface area contributed by atoms with Crippen molar-refractivity contribution in [2.24, 2.45) is 0 Å². The van der Waals surface area contributed by atoms with Crippen LogP contribution in [0.3, 0.4) is 0 Å². The van der Waals surface area contributed by atoms with Crippen LogP contribution < -0.4 is 15.4 Å². The summed E-state index contributed by atoms with van der Waals surface area (Å²) in [6, 6.07) is 9.38. The predicted molar refractivity (Wildman–Crippen MR) is 92.6 cm³/mol. The van der Waals surface area contributed by atoms with Gasteiger partial charge in [0.25, 0.3) is 11.8 Å². The number of hydrogen-bond acceptors (Lipinski definition) is 3. The molecule has 2 N–H and O–H groups in total. The van der Waals surface area contributed by atoms with E-state index in [1.54, 1.807) is 18.2 Å². The van der Waals surface area contributed by atoms with Gasteiger partial charge < -0.3 is 15.4 Å². The molecule has 0 heterocycles. The number of carbonyl (C=O) groups excluding carboxylic acids is 2. The lowest BCUT2D eigenvalue weighted by atomic mass is 10.1. The van der Waals surface area contributed by atoms with Crippen LogP contribution in [0, 0.1) is 12.7 Å². The maximum Gasteiger partial charge on any atom is 0.255 e. The maximum atomic E-state index is 13.8. The van der Waals surface area contributed by atoms with E-state index in [9.17, 15) is 14.0 Å². The van der Waals surface area contributed by atoms with Gasteiger partial charge in [-0.1, -0.05) is 6.07 Å². The Balaban J connectivity index is 1.78. The zero-order valence-corrected chi connectivity index (χ0v) is 14.1. The number of halogens is 1. The average molecular weight is 342 g/mol. The monoisotopic (exact) mass is 342 g/mol. The number of carbonyl (C=O) groups is 2. The molecule has 1 aliphatic carbocycles. The van der Waals surface area contributed by atoms with E-state index < -0.39 is 11.7 Å². The molecule has 0 atom stereocenters. The first kappa shape index (κ1) is 17.0. The number of aryl methyl sites for hydroxylation is 1. The summed E-state index contributed by atoms with van der Waals surface area (Å²) in [5, 5.41) is 5.64. The quantitative estimate of drug-likeness (QED) is 0.876. The lowest BCUT2D eigenvalue weighted by Crippen LogP contribution is -2.25. The zero-order chi connectivity index (χ0) is 18.0. The van der Waals surface area contributed by atoms with Crippen molar-refractivity contribution in [3.8, 4) is 5.75 Å². The van der Waals surface area contributed by atoms with Crippen molar-refractivity contribution in [2.75, 3.05) is 12.4 Å². The lowest BCUT2D eigenvalue weighted by molar-refractivity contribution is 0.0949. The number of anilines is 1. The Hall–Kier alpha value is -2.89. The standard InChI is InChI=1S/C19H19FN2O3/c1-11-3-4-13(18(23)21-14-6-7-14)10-16(11)22-19(24)12-5-8-17(25-2)15(20)9-12/h3-5,8-10,14H,6-7H2,1-2H3,(H,21,23)(H,22,24). The smallest absolute Gasteiger partial charge is 0.255 e. The van der Waals surface area contributed by atoms with Crippen LogP contribution >= 0.6 is 0 Å². The van der Waals surface area contributed by atoms with Gasteiger partial charge in [-0.25, -0.2) is 4.39 Å². The number of ether oxygens (including phenoxy) is 1. The molecule has 0 saturated heterocycles. The summed E-state index contributed by atoms with van der Waals surface area (Å²) in [5.74, 6) is -1.14. The fourth-order valence-corrected chi connectivity index (χ4v) is 2.40. The van der Waals surface area contributed by atoms with Crippen molar-refractivity contribution in [3.63, 3.8) is 0 Å². The fraction of sp³-hybridized carbons (Fsp3) is 0.263. The van der Waals surface area contributed by atoms with E-state index in [4.69, 9.17) is 4.74 Å². The Kier molecular flexibility index (Phi) is 4.70. The van der Waals surface area contributed by atoms with Crippen LogP contribution in [0.2, 0.25) is 0 Å². The van der Waals surface area contributed by atoms with Crippen molar-refractivity contribution in [3.05, 3.63) is 58.9 Å². The van der Waals surface area contributed by atoms with Gasteiger partial charge in [0.15, 0.2) is 11.6 Å². The second-order valence-electron chi connectivity index (χ2n) is 6.08. The third kappa shape index (κ3) is 3.96. The highest BCUT2D eigenvalue weighted by Crippen LogP contribution is 2.23. The summed E-state index contributed by atoms with van der Waals surface area (Å²) in [6.45, 7) is 1.83. The van der Waals surface area contributed by atoms with Crippen LogP contribution in [0.4, 0.5) is 10.1 Å². The van der Waals surface area contributed by atoms with Crippen LogP contribution in [0.25, 0.3) is 0 Å². The molecular weight excluding hydrogens is 323 g/mol. The second kappa shape index (κ2) is 6.93. The molecule has 0 aromatic heterocycles. The molecule has 5 nitrogen and oxygen atoms in total. The van der Waals surface area contributed by atoms with E-state index in [0.29, 0.717) is 11.3 Å². The summed E-state index contributed by atoms with van der Waals surface area (Å²) in [7, 11) is 1.36. The largest absolute Gasteiger partial charge is 0.494 e. The zero-order valence-electron chi connectivity index (χ0n) is 14.1. The Morgan fingerprint density at radius 3 is 2.40 bits per heavy atom. The van der Waals surface area contributed by atoms with Gasteiger partial charge in [0.1, 0.15) is 0 Å². The number of hydrogen-bond donors (Lipinski definition) is 2. The molecule has 1 aliphatic rings. The number of rotatable bonds is 5. The van der Waals surface area contributed by atoms with E-state index in [1.165, 1.54) is 19.2 Å². The Morgan fingerprint density at radius 2 is 1.76 bits per heavy atom. The van der Waals surface area contributed by atoms with Gasteiger partial charge >= 0.3 is 0 Å². The van der Waals surface area contributed by atoms with Crippen LogP contribution in [-0.2, 0) is 0 Å². The predicted octanol–water partition coefficient (Wildman–Crippen LogP) is 3.29. The molecular formula is C19H19FN2O3. The molecule has 0 spiro atoms. The van der Waals surface area contributed by atoms with Gasteiger partial charge in [0.2, 0.25) is 0 Å². The lowest BCUT2D eigenvalue weighted by Gasteiger charge is -2.11. The molecule has 0 unspecified atom stereocenters. The van der Waals surface area contributed by atoms with Gasteiger partial charge in [-0.3, -0.25) is 9.59 Å². The van der Waals surface area contributed by atoms with Crippen molar-refractivity contribution in [1.82, 2.24) is 5.32 Å². The molecule has 0 radical (unpaired) electrons. The third-order valence-electron chi connectivity index (χ3n) is 4.07. The minimum absolute atomic E-state index is 0.0754. The van der Waals surface area contributed by atoms with E-state index in [1.807, 2.05) is 6.92 Å². The summed E-state index contributed by atoms with van der Waals surface area (Å²) in [5.41, 5.74) is 1.98. The summed E-state index contributed by atoms with van der Waals surface area (Å²) in [4.78, 5) is 24.5.